The van der Waals surface area contributed by atoms with Crippen molar-refractivity contribution in [2.45, 2.75) is 26.7 Å². The second-order valence-corrected chi connectivity index (χ2v) is 8.20. The summed E-state index contributed by atoms with van der Waals surface area (Å²) in [4.78, 5) is 35.5. The van der Waals surface area contributed by atoms with Gasteiger partial charge in [0.1, 0.15) is 11.5 Å². The predicted molar refractivity (Wildman–Crippen MR) is 106 cm³/mol. The molecule has 0 saturated heterocycles. The summed E-state index contributed by atoms with van der Waals surface area (Å²) in [7, 11) is -9.21. The first-order valence-corrected chi connectivity index (χ1v) is 11.5. The molecule has 8 nitrogen and oxygen atoms in total. The molecule has 0 bridgehead atoms. The Hall–Kier alpha value is 2.08. The second-order valence-electron chi connectivity index (χ2n) is 5.88. The quantitative estimate of drug-likeness (QED) is 0.153. The van der Waals surface area contributed by atoms with Crippen molar-refractivity contribution < 1.29 is 156 Å². The SMILES string of the molecule is CC/C(=C(/CC)c1ccc(OP(=O)(O)O)cc1)c1ccc(OP(=O)(O)O)cc1.[Na+].[Na+].[Na+].[Na+]. The standard InChI is InChI=1S/C18H22O8P2.4Na/c1-3-17(13-5-9-15(10-6-13)25-27(19,20)21)18(4-2)14-7-11-16(12-8-14)26-28(22,23)24;;;;/h5-12H,3-4H2,1-2H3,(H2,19,20,21)(H2,22,23,24);;;;/q;4*+1/b18-17+;;;;. The van der Waals surface area contributed by atoms with Gasteiger partial charge in [0, 0.05) is 0 Å². The Bertz CT molecular complexity index is 863. The monoisotopic (exact) mass is 520 g/mol. The maximum absolute atomic E-state index is 10.9. The van der Waals surface area contributed by atoms with Gasteiger partial charge in [-0.1, -0.05) is 38.1 Å². The van der Waals surface area contributed by atoms with E-state index in [0.717, 1.165) is 22.3 Å². The van der Waals surface area contributed by atoms with Gasteiger partial charge in [-0.3, -0.25) is 19.6 Å². The zero-order valence-electron chi connectivity index (χ0n) is 19.3. The zero-order chi connectivity index (χ0) is 20.9. The summed E-state index contributed by atoms with van der Waals surface area (Å²) in [5.74, 6) is 0.147. The Labute approximate surface area is 276 Å². The van der Waals surface area contributed by atoms with Crippen LogP contribution in [0, 0.1) is 0 Å². The number of rotatable bonds is 8. The van der Waals surface area contributed by atoms with Crippen molar-refractivity contribution in [2.24, 2.45) is 0 Å². The average molecular weight is 520 g/mol. The normalized spacial score (nSPS) is 11.4. The van der Waals surface area contributed by atoms with Crippen molar-refractivity contribution in [2.75, 3.05) is 0 Å². The van der Waals surface area contributed by atoms with Crippen molar-refractivity contribution in [1.82, 2.24) is 0 Å². The number of hydrogen-bond donors (Lipinski definition) is 4. The van der Waals surface area contributed by atoms with E-state index in [0.29, 0.717) is 12.8 Å². The van der Waals surface area contributed by atoms with Crippen molar-refractivity contribution in [3.63, 3.8) is 0 Å². The molecule has 14 heteroatoms. The molecule has 152 valence electrons. The molecule has 0 aliphatic carbocycles. The van der Waals surface area contributed by atoms with Crippen LogP contribution in [0.1, 0.15) is 37.8 Å². The first-order chi connectivity index (χ1) is 13.0. The third-order valence-electron chi connectivity index (χ3n) is 3.93. The summed E-state index contributed by atoms with van der Waals surface area (Å²) in [5.41, 5.74) is 3.84. The summed E-state index contributed by atoms with van der Waals surface area (Å²) in [6, 6.07) is 12.9. The van der Waals surface area contributed by atoms with Crippen LogP contribution in [0.15, 0.2) is 48.5 Å². The van der Waals surface area contributed by atoms with Gasteiger partial charge in [-0.05, 0) is 59.4 Å². The zero-order valence-corrected chi connectivity index (χ0v) is 29.1. The molecular formula is C18H22Na4O8P2+4. The maximum Gasteiger partial charge on any atom is 1.00 e. The Morgan fingerprint density at radius 1 is 0.625 bits per heavy atom. The minimum Gasteiger partial charge on any atom is -0.404 e. The number of phosphoric acid groups is 2. The molecule has 0 saturated carbocycles. The van der Waals surface area contributed by atoms with Crippen LogP contribution in [0.3, 0.4) is 0 Å². The molecule has 0 spiro atoms. The van der Waals surface area contributed by atoms with Crippen LogP contribution in [-0.4, -0.2) is 19.6 Å². The molecule has 0 heterocycles. The van der Waals surface area contributed by atoms with E-state index in [-0.39, 0.29) is 130 Å². The van der Waals surface area contributed by atoms with Crippen molar-refractivity contribution in [3.05, 3.63) is 59.7 Å². The Morgan fingerprint density at radius 3 is 1.06 bits per heavy atom. The fraction of sp³-hybridized carbons (Fsp3) is 0.222. The minimum atomic E-state index is -4.61. The third kappa shape index (κ3) is 13.4. The molecular weight excluding hydrogens is 498 g/mol. The van der Waals surface area contributed by atoms with E-state index >= 15 is 0 Å². The summed E-state index contributed by atoms with van der Waals surface area (Å²) in [6.07, 6.45) is 1.42. The van der Waals surface area contributed by atoms with Gasteiger partial charge in [-0.25, -0.2) is 9.13 Å². The molecule has 2 rings (SSSR count). The molecule has 4 N–H and O–H groups in total. The van der Waals surface area contributed by atoms with E-state index in [4.69, 9.17) is 19.6 Å². The summed E-state index contributed by atoms with van der Waals surface area (Å²) >= 11 is 0. The van der Waals surface area contributed by atoms with Crippen molar-refractivity contribution in [3.8, 4) is 11.5 Å². The topological polar surface area (TPSA) is 134 Å². The van der Waals surface area contributed by atoms with Gasteiger partial charge in [-0.15, -0.1) is 0 Å². The van der Waals surface area contributed by atoms with Gasteiger partial charge in [0.05, 0.1) is 0 Å². The van der Waals surface area contributed by atoms with E-state index in [9.17, 15) is 9.13 Å². The molecule has 0 aromatic heterocycles. The van der Waals surface area contributed by atoms with Gasteiger partial charge >= 0.3 is 134 Å². The Balaban J connectivity index is -0.00000210. The largest absolute Gasteiger partial charge is 1.00 e. The molecule has 0 radical (unpaired) electrons. The maximum atomic E-state index is 10.9. The molecule has 2 aromatic carbocycles. The first-order valence-electron chi connectivity index (χ1n) is 8.45. The predicted octanol–water partition coefficient (Wildman–Crippen LogP) is -7.62. The molecule has 0 amide bonds. The van der Waals surface area contributed by atoms with Crippen LogP contribution >= 0.6 is 15.6 Å². The molecule has 0 unspecified atom stereocenters. The van der Waals surface area contributed by atoms with Crippen LogP contribution in [0.4, 0.5) is 0 Å². The molecule has 0 aliphatic rings. The van der Waals surface area contributed by atoms with Crippen LogP contribution in [-0.2, 0) is 9.13 Å². The number of benzene rings is 2. The average Bonchev–Trinajstić information content (AvgIpc) is 2.59. The summed E-state index contributed by atoms with van der Waals surface area (Å²) in [5, 5.41) is 0. The molecule has 0 aliphatic heterocycles. The van der Waals surface area contributed by atoms with Crippen LogP contribution in [0.5, 0.6) is 11.5 Å². The first kappa shape index (κ1) is 38.6. The summed E-state index contributed by atoms with van der Waals surface area (Å²) in [6.45, 7) is 3.99. The number of phosphoric ester groups is 2. The van der Waals surface area contributed by atoms with Crippen LogP contribution in [0.2, 0.25) is 0 Å². The van der Waals surface area contributed by atoms with Gasteiger partial charge in [0.25, 0.3) is 0 Å². The Kier molecular flexibility index (Phi) is 21.1. The van der Waals surface area contributed by atoms with E-state index in [1.807, 2.05) is 13.8 Å². The third-order valence-corrected chi connectivity index (χ3v) is 4.82. The summed E-state index contributed by atoms with van der Waals surface area (Å²) < 4.78 is 31.0. The van der Waals surface area contributed by atoms with E-state index in [1.165, 1.54) is 24.3 Å². The fourth-order valence-electron chi connectivity index (χ4n) is 2.89. The van der Waals surface area contributed by atoms with Crippen molar-refractivity contribution >= 4 is 26.8 Å². The van der Waals surface area contributed by atoms with Gasteiger partial charge in [0.2, 0.25) is 0 Å². The van der Waals surface area contributed by atoms with Gasteiger partial charge in [0.15, 0.2) is 0 Å². The van der Waals surface area contributed by atoms with Crippen LogP contribution < -0.4 is 127 Å². The Morgan fingerprint density at radius 2 is 0.875 bits per heavy atom. The van der Waals surface area contributed by atoms with E-state index in [2.05, 4.69) is 9.05 Å². The van der Waals surface area contributed by atoms with E-state index in [1.54, 1.807) is 24.3 Å². The van der Waals surface area contributed by atoms with Crippen LogP contribution in [0.25, 0.3) is 11.1 Å². The van der Waals surface area contributed by atoms with Crippen molar-refractivity contribution in [1.29, 1.82) is 0 Å². The van der Waals surface area contributed by atoms with Gasteiger partial charge < -0.3 is 9.05 Å². The smallest absolute Gasteiger partial charge is 0.404 e. The number of allylic oxidation sites excluding steroid dienone is 2. The minimum absolute atomic E-state index is 0. The number of hydrogen-bond acceptors (Lipinski definition) is 4. The van der Waals surface area contributed by atoms with Gasteiger partial charge in [-0.2, -0.15) is 0 Å². The molecule has 0 fully saturated rings. The second kappa shape index (κ2) is 17.5. The van der Waals surface area contributed by atoms with E-state index < -0.39 is 15.6 Å². The fourth-order valence-corrected chi connectivity index (χ4v) is 3.68. The molecule has 0 atom stereocenters. The molecule has 2 aromatic rings. The molecule has 32 heavy (non-hydrogen) atoms.